The number of halogens is 1. The van der Waals surface area contributed by atoms with Crippen molar-refractivity contribution in [2.45, 2.75) is 0 Å². The molecule has 1 aliphatic heterocycles. The van der Waals surface area contributed by atoms with Crippen LogP contribution >= 0.6 is 15.9 Å². The molecule has 0 bridgehead atoms. The number of hydrogen-bond donors (Lipinski definition) is 0. The van der Waals surface area contributed by atoms with Gasteiger partial charge in [-0.15, -0.1) is 0 Å². The van der Waals surface area contributed by atoms with Crippen molar-refractivity contribution in [3.05, 3.63) is 0 Å². The molecule has 0 aromatic heterocycles. The third-order valence-electron chi connectivity index (χ3n) is 1.66. The molecule has 0 unspecified atom stereocenters. The first-order valence-electron chi connectivity index (χ1n) is 3.14. The lowest BCUT2D eigenvalue weighted by Gasteiger charge is -2.35. The molecule has 0 spiro atoms. The number of esters is 1. The minimum absolute atomic E-state index is 0.0859. The van der Waals surface area contributed by atoms with E-state index in [2.05, 4.69) is 25.6 Å². The van der Waals surface area contributed by atoms with Gasteiger partial charge in [-0.1, -0.05) is 15.9 Å². The molecule has 1 heterocycles. The highest BCUT2D eigenvalue weighted by atomic mass is 79.9. The van der Waals surface area contributed by atoms with Crippen LogP contribution in [0.25, 0.3) is 0 Å². The summed E-state index contributed by atoms with van der Waals surface area (Å²) in [6, 6.07) is 0. The summed E-state index contributed by atoms with van der Waals surface area (Å²) in [4.78, 5) is 12.9. The van der Waals surface area contributed by atoms with Crippen molar-refractivity contribution in [3.8, 4) is 0 Å². The SMILES string of the molecule is COC(=O)C1CN(CBr)C1. The molecule has 1 rings (SSSR count). The van der Waals surface area contributed by atoms with Gasteiger partial charge in [-0.05, 0) is 0 Å². The van der Waals surface area contributed by atoms with Crippen molar-refractivity contribution in [1.82, 2.24) is 4.90 Å². The maximum absolute atomic E-state index is 10.8. The quantitative estimate of drug-likeness (QED) is 0.374. The molecule has 1 saturated heterocycles. The number of ether oxygens (including phenoxy) is 1. The lowest BCUT2D eigenvalue weighted by molar-refractivity contribution is -0.150. The molecule has 10 heavy (non-hydrogen) atoms. The van der Waals surface area contributed by atoms with Crippen LogP contribution in [0.1, 0.15) is 0 Å². The molecule has 1 fully saturated rings. The Morgan fingerprint density at radius 1 is 1.80 bits per heavy atom. The van der Waals surface area contributed by atoms with E-state index in [4.69, 9.17) is 0 Å². The Hall–Kier alpha value is -0.0900. The number of carbonyl (C=O) groups excluding carboxylic acids is 1. The van der Waals surface area contributed by atoms with Gasteiger partial charge in [0.15, 0.2) is 0 Å². The molecule has 0 atom stereocenters. The first-order chi connectivity index (χ1) is 4.77. The number of hydrogen-bond acceptors (Lipinski definition) is 3. The minimum Gasteiger partial charge on any atom is -0.469 e. The second-order valence-corrected chi connectivity index (χ2v) is 2.88. The zero-order valence-electron chi connectivity index (χ0n) is 5.84. The third-order valence-corrected chi connectivity index (χ3v) is 2.37. The van der Waals surface area contributed by atoms with E-state index in [9.17, 15) is 4.79 Å². The number of nitrogens with zero attached hydrogens (tertiary/aromatic N) is 1. The lowest BCUT2D eigenvalue weighted by Crippen LogP contribution is -2.49. The molecule has 1 aliphatic rings. The van der Waals surface area contributed by atoms with E-state index in [0.29, 0.717) is 0 Å². The maximum Gasteiger partial charge on any atom is 0.311 e. The number of rotatable bonds is 2. The van der Waals surface area contributed by atoms with Gasteiger partial charge in [-0.3, -0.25) is 9.69 Å². The van der Waals surface area contributed by atoms with Gasteiger partial charge in [0.1, 0.15) is 0 Å². The average Bonchev–Trinajstić information content (AvgIpc) is 1.85. The van der Waals surface area contributed by atoms with Crippen LogP contribution in [-0.2, 0) is 9.53 Å². The van der Waals surface area contributed by atoms with Crippen LogP contribution in [0.5, 0.6) is 0 Å². The van der Waals surface area contributed by atoms with Gasteiger partial charge in [-0.2, -0.15) is 0 Å². The Bertz CT molecular complexity index is 134. The van der Waals surface area contributed by atoms with Crippen LogP contribution in [0.4, 0.5) is 0 Å². The summed E-state index contributed by atoms with van der Waals surface area (Å²) in [6.45, 7) is 1.66. The molecule has 0 N–H and O–H groups in total. The standard InChI is InChI=1S/C6H10BrNO2/c1-10-6(9)5-2-8(3-5)4-7/h5H,2-4H2,1H3. The van der Waals surface area contributed by atoms with Crippen LogP contribution in [0.2, 0.25) is 0 Å². The maximum atomic E-state index is 10.8. The minimum atomic E-state index is -0.0859. The molecule has 0 aromatic rings. The predicted molar refractivity (Wildman–Crippen MR) is 40.9 cm³/mol. The molecule has 0 aromatic carbocycles. The average molecular weight is 208 g/mol. The second kappa shape index (κ2) is 3.34. The highest BCUT2D eigenvalue weighted by molar-refractivity contribution is 9.09. The van der Waals surface area contributed by atoms with Gasteiger partial charge in [-0.25, -0.2) is 0 Å². The van der Waals surface area contributed by atoms with Crippen LogP contribution in [0, 0.1) is 5.92 Å². The molecule has 0 amide bonds. The summed E-state index contributed by atoms with van der Waals surface area (Å²) in [5.74, 6) is 0.0275. The smallest absolute Gasteiger partial charge is 0.311 e. The summed E-state index contributed by atoms with van der Waals surface area (Å²) < 4.78 is 4.57. The normalized spacial score (nSPS) is 20.2. The van der Waals surface area contributed by atoms with Crippen LogP contribution in [0.15, 0.2) is 0 Å². The van der Waals surface area contributed by atoms with E-state index in [1.54, 1.807) is 0 Å². The Balaban J connectivity index is 2.19. The van der Waals surface area contributed by atoms with Crippen molar-refractivity contribution in [2.75, 3.05) is 25.7 Å². The topological polar surface area (TPSA) is 29.5 Å². The van der Waals surface area contributed by atoms with E-state index in [0.717, 1.165) is 18.5 Å². The monoisotopic (exact) mass is 207 g/mol. The summed E-state index contributed by atoms with van der Waals surface area (Å²) in [6.07, 6.45) is 0. The van der Waals surface area contributed by atoms with Gasteiger partial charge >= 0.3 is 5.97 Å². The number of carbonyl (C=O) groups is 1. The van der Waals surface area contributed by atoms with E-state index in [-0.39, 0.29) is 11.9 Å². The van der Waals surface area contributed by atoms with Crippen molar-refractivity contribution < 1.29 is 9.53 Å². The first-order valence-corrected chi connectivity index (χ1v) is 4.26. The summed E-state index contributed by atoms with van der Waals surface area (Å²) >= 11 is 3.30. The van der Waals surface area contributed by atoms with Gasteiger partial charge in [0.2, 0.25) is 0 Å². The fourth-order valence-corrected chi connectivity index (χ4v) is 1.39. The number of alkyl halides is 1. The zero-order valence-corrected chi connectivity index (χ0v) is 7.43. The first kappa shape index (κ1) is 8.01. The second-order valence-electron chi connectivity index (χ2n) is 2.38. The predicted octanol–water partition coefficient (Wildman–Crippen LogP) is 0.444. The summed E-state index contributed by atoms with van der Waals surface area (Å²) in [5.41, 5.74) is 0.848. The molecule has 58 valence electrons. The van der Waals surface area contributed by atoms with Gasteiger partial charge < -0.3 is 4.74 Å². The fourth-order valence-electron chi connectivity index (χ4n) is 0.983. The Kier molecular flexibility index (Phi) is 2.68. The van der Waals surface area contributed by atoms with Gasteiger partial charge in [0.25, 0.3) is 0 Å². The Morgan fingerprint density at radius 3 is 2.80 bits per heavy atom. The summed E-state index contributed by atoms with van der Waals surface area (Å²) in [7, 11) is 1.43. The summed E-state index contributed by atoms with van der Waals surface area (Å²) in [5, 5.41) is 0. The molecule has 0 radical (unpaired) electrons. The van der Waals surface area contributed by atoms with Crippen LogP contribution in [0.3, 0.4) is 0 Å². The van der Waals surface area contributed by atoms with E-state index >= 15 is 0 Å². The van der Waals surface area contributed by atoms with E-state index < -0.39 is 0 Å². The molecular formula is C6H10BrNO2. The largest absolute Gasteiger partial charge is 0.469 e. The van der Waals surface area contributed by atoms with Gasteiger partial charge in [0, 0.05) is 13.1 Å². The highest BCUT2D eigenvalue weighted by Gasteiger charge is 2.32. The molecule has 0 aliphatic carbocycles. The molecular weight excluding hydrogens is 198 g/mol. The molecule has 0 saturated carbocycles. The van der Waals surface area contributed by atoms with Crippen molar-refractivity contribution in [3.63, 3.8) is 0 Å². The van der Waals surface area contributed by atoms with Crippen LogP contribution < -0.4 is 0 Å². The fraction of sp³-hybridized carbons (Fsp3) is 0.833. The van der Waals surface area contributed by atoms with Crippen molar-refractivity contribution in [1.29, 1.82) is 0 Å². The molecule has 4 heteroatoms. The number of methoxy groups -OCH3 is 1. The van der Waals surface area contributed by atoms with Crippen molar-refractivity contribution >= 4 is 21.9 Å². The zero-order chi connectivity index (χ0) is 7.56. The van der Waals surface area contributed by atoms with E-state index in [1.165, 1.54) is 7.11 Å². The van der Waals surface area contributed by atoms with E-state index in [1.807, 2.05) is 0 Å². The Labute approximate surface area is 68.5 Å². The molecule has 3 nitrogen and oxygen atoms in total. The third kappa shape index (κ3) is 1.49. The highest BCUT2D eigenvalue weighted by Crippen LogP contribution is 2.16. The Morgan fingerprint density at radius 2 is 2.40 bits per heavy atom. The number of likely N-dealkylation sites (tertiary alicyclic amines) is 1. The van der Waals surface area contributed by atoms with Gasteiger partial charge in [0.05, 0.1) is 18.5 Å². The lowest BCUT2D eigenvalue weighted by atomic mass is 10.0. The van der Waals surface area contributed by atoms with Crippen molar-refractivity contribution in [2.24, 2.45) is 5.92 Å². The van der Waals surface area contributed by atoms with Crippen LogP contribution in [-0.4, -0.2) is 36.5 Å².